The van der Waals surface area contributed by atoms with E-state index in [0.29, 0.717) is 12.2 Å². The van der Waals surface area contributed by atoms with Gasteiger partial charge in [-0.1, -0.05) is 18.2 Å². The second kappa shape index (κ2) is 5.69. The lowest BCUT2D eigenvalue weighted by atomic mass is 9.99. The van der Waals surface area contributed by atoms with Gasteiger partial charge in [-0.05, 0) is 25.5 Å². The molecule has 1 saturated heterocycles. The predicted octanol–water partition coefficient (Wildman–Crippen LogP) is 0.901. The van der Waals surface area contributed by atoms with Crippen LogP contribution in [0.15, 0.2) is 24.3 Å². The lowest BCUT2D eigenvalue weighted by Gasteiger charge is -2.42. The smallest absolute Gasteiger partial charge is 0.265 e. The van der Waals surface area contributed by atoms with Gasteiger partial charge in [0, 0.05) is 24.2 Å². The van der Waals surface area contributed by atoms with Gasteiger partial charge in [-0.25, -0.2) is 5.84 Å². The second-order valence-corrected chi connectivity index (χ2v) is 5.42. The molecule has 1 aromatic rings. The van der Waals surface area contributed by atoms with Crippen molar-refractivity contribution >= 4 is 5.91 Å². The first kappa shape index (κ1) is 14.0. The van der Waals surface area contributed by atoms with Crippen molar-refractivity contribution in [2.45, 2.75) is 25.9 Å². The lowest BCUT2D eigenvalue weighted by Crippen LogP contribution is -2.52. The maximum Gasteiger partial charge on any atom is 0.265 e. The largest absolute Gasteiger partial charge is 0.378 e. The van der Waals surface area contributed by atoms with Crippen molar-refractivity contribution in [2.75, 3.05) is 19.8 Å². The highest BCUT2D eigenvalue weighted by Crippen LogP contribution is 2.22. The van der Waals surface area contributed by atoms with Crippen LogP contribution < -0.4 is 11.3 Å². The molecule has 0 radical (unpaired) electrons. The Balaban J connectivity index is 2.21. The van der Waals surface area contributed by atoms with Crippen molar-refractivity contribution in [1.82, 2.24) is 10.3 Å². The first-order chi connectivity index (χ1) is 9.04. The molecule has 0 aromatic heterocycles. The van der Waals surface area contributed by atoms with Crippen LogP contribution in [0, 0.1) is 0 Å². The molecule has 5 heteroatoms. The second-order valence-electron chi connectivity index (χ2n) is 5.42. The van der Waals surface area contributed by atoms with E-state index < -0.39 is 0 Å². The molecular formula is C14H21N3O2. The van der Waals surface area contributed by atoms with Crippen molar-refractivity contribution in [2.24, 2.45) is 5.84 Å². The third kappa shape index (κ3) is 3.12. The van der Waals surface area contributed by atoms with E-state index in [0.717, 1.165) is 25.3 Å². The summed E-state index contributed by atoms with van der Waals surface area (Å²) in [6.07, 6.45) is 0. The number of nitrogens with one attached hydrogen (secondary N) is 1. The number of hydrazine groups is 1. The van der Waals surface area contributed by atoms with Gasteiger partial charge < -0.3 is 4.74 Å². The van der Waals surface area contributed by atoms with E-state index in [-0.39, 0.29) is 11.4 Å². The Labute approximate surface area is 113 Å². The normalized spacial score (nSPS) is 19.1. The maximum absolute atomic E-state index is 11.8. The van der Waals surface area contributed by atoms with E-state index in [4.69, 9.17) is 10.6 Å². The molecule has 19 heavy (non-hydrogen) atoms. The van der Waals surface area contributed by atoms with E-state index in [2.05, 4.69) is 24.2 Å². The highest BCUT2D eigenvalue weighted by Gasteiger charge is 2.30. The number of ether oxygens (including phenoxy) is 1. The van der Waals surface area contributed by atoms with Crippen LogP contribution in [0.5, 0.6) is 0 Å². The molecule has 0 aliphatic carbocycles. The van der Waals surface area contributed by atoms with E-state index >= 15 is 0 Å². The fourth-order valence-corrected chi connectivity index (χ4v) is 2.35. The van der Waals surface area contributed by atoms with Gasteiger partial charge in [0.1, 0.15) is 0 Å². The van der Waals surface area contributed by atoms with Crippen LogP contribution in [0.2, 0.25) is 0 Å². The number of benzene rings is 1. The van der Waals surface area contributed by atoms with Crippen LogP contribution in [0.4, 0.5) is 0 Å². The minimum Gasteiger partial charge on any atom is -0.378 e. The highest BCUT2D eigenvalue weighted by molar-refractivity contribution is 5.95. The van der Waals surface area contributed by atoms with Gasteiger partial charge in [-0.3, -0.25) is 15.1 Å². The van der Waals surface area contributed by atoms with Crippen molar-refractivity contribution in [1.29, 1.82) is 0 Å². The van der Waals surface area contributed by atoms with Crippen LogP contribution in [0.3, 0.4) is 0 Å². The zero-order chi connectivity index (χ0) is 13.9. The number of hydrogen-bond acceptors (Lipinski definition) is 4. The van der Waals surface area contributed by atoms with E-state index in [1.165, 1.54) is 0 Å². The maximum atomic E-state index is 11.8. The summed E-state index contributed by atoms with van der Waals surface area (Å²) in [7, 11) is 0. The summed E-state index contributed by atoms with van der Waals surface area (Å²) in [4.78, 5) is 14.1. The molecule has 3 N–H and O–H groups in total. The van der Waals surface area contributed by atoms with Gasteiger partial charge in [0.25, 0.3) is 5.91 Å². The van der Waals surface area contributed by atoms with Crippen LogP contribution in [0.25, 0.3) is 0 Å². The molecule has 1 fully saturated rings. The quantitative estimate of drug-likeness (QED) is 0.483. The molecule has 1 aliphatic rings. The predicted molar refractivity (Wildman–Crippen MR) is 73.4 cm³/mol. The van der Waals surface area contributed by atoms with Crippen molar-refractivity contribution in [3.8, 4) is 0 Å². The standard InChI is InChI=1S/C14H21N3O2/c1-14(2)10-19-8-7-17(14)9-11-5-3-4-6-12(11)13(18)16-15/h3-6H,7-10,15H2,1-2H3,(H,16,18). The van der Waals surface area contributed by atoms with Gasteiger partial charge in [-0.2, -0.15) is 0 Å². The molecule has 0 atom stereocenters. The van der Waals surface area contributed by atoms with E-state index in [1.54, 1.807) is 6.07 Å². The van der Waals surface area contributed by atoms with Crippen molar-refractivity contribution in [3.63, 3.8) is 0 Å². The third-order valence-electron chi connectivity index (χ3n) is 3.57. The summed E-state index contributed by atoms with van der Waals surface area (Å²) in [5.74, 6) is 4.98. The Morgan fingerprint density at radius 2 is 2.21 bits per heavy atom. The fraction of sp³-hybridized carbons (Fsp3) is 0.500. The summed E-state index contributed by atoms with van der Waals surface area (Å²) < 4.78 is 5.51. The van der Waals surface area contributed by atoms with Crippen LogP contribution in [-0.2, 0) is 11.3 Å². The number of rotatable bonds is 3. The van der Waals surface area contributed by atoms with Gasteiger partial charge >= 0.3 is 0 Å². The molecule has 5 nitrogen and oxygen atoms in total. The molecule has 0 saturated carbocycles. The summed E-state index contributed by atoms with van der Waals surface area (Å²) in [6.45, 7) is 7.33. The molecule has 104 valence electrons. The van der Waals surface area contributed by atoms with Gasteiger partial charge in [0.2, 0.25) is 0 Å². The van der Waals surface area contributed by atoms with Gasteiger partial charge in [-0.15, -0.1) is 0 Å². The van der Waals surface area contributed by atoms with Crippen molar-refractivity contribution < 1.29 is 9.53 Å². The molecule has 0 bridgehead atoms. The summed E-state index contributed by atoms with van der Waals surface area (Å²) >= 11 is 0. The third-order valence-corrected chi connectivity index (χ3v) is 3.57. The topological polar surface area (TPSA) is 67.6 Å². The number of amides is 1. The molecule has 2 rings (SSSR count). The Morgan fingerprint density at radius 3 is 2.89 bits per heavy atom. The van der Waals surface area contributed by atoms with Gasteiger partial charge in [0.15, 0.2) is 0 Å². The highest BCUT2D eigenvalue weighted by atomic mass is 16.5. The molecule has 1 aliphatic heterocycles. The average Bonchev–Trinajstić information content (AvgIpc) is 2.41. The fourth-order valence-electron chi connectivity index (χ4n) is 2.35. The van der Waals surface area contributed by atoms with Crippen LogP contribution in [-0.4, -0.2) is 36.1 Å². The Bertz CT molecular complexity index is 460. The molecule has 0 spiro atoms. The number of nitrogens with two attached hydrogens (primary N) is 1. The molecular weight excluding hydrogens is 242 g/mol. The Morgan fingerprint density at radius 1 is 1.47 bits per heavy atom. The number of carbonyl (C=O) groups is 1. The minimum atomic E-state index is -0.248. The number of nitrogens with zero attached hydrogens (tertiary/aromatic N) is 1. The zero-order valence-electron chi connectivity index (χ0n) is 11.5. The monoisotopic (exact) mass is 263 g/mol. The minimum absolute atomic E-state index is 0.0233. The summed E-state index contributed by atoms with van der Waals surface area (Å²) in [5, 5.41) is 0. The lowest BCUT2D eigenvalue weighted by molar-refractivity contribution is -0.0553. The Hall–Kier alpha value is -1.43. The number of hydrogen-bond donors (Lipinski definition) is 2. The average molecular weight is 263 g/mol. The summed E-state index contributed by atoms with van der Waals surface area (Å²) in [6, 6.07) is 7.55. The summed E-state index contributed by atoms with van der Waals surface area (Å²) in [5.41, 5.74) is 3.79. The van der Waals surface area contributed by atoms with Crippen molar-refractivity contribution in [3.05, 3.63) is 35.4 Å². The van der Waals surface area contributed by atoms with Crippen LogP contribution in [0.1, 0.15) is 29.8 Å². The van der Waals surface area contributed by atoms with E-state index in [9.17, 15) is 4.79 Å². The number of carbonyl (C=O) groups excluding carboxylic acids is 1. The number of nitrogen functional groups attached to an aromatic ring is 1. The molecule has 1 heterocycles. The number of morpholine rings is 1. The molecule has 1 amide bonds. The van der Waals surface area contributed by atoms with E-state index in [1.807, 2.05) is 18.2 Å². The first-order valence-electron chi connectivity index (χ1n) is 6.46. The molecule has 1 aromatic carbocycles. The Kier molecular flexibility index (Phi) is 4.19. The van der Waals surface area contributed by atoms with Gasteiger partial charge in [0.05, 0.1) is 13.2 Å². The SMILES string of the molecule is CC1(C)COCCN1Cc1ccccc1C(=O)NN. The molecule has 0 unspecified atom stereocenters. The first-order valence-corrected chi connectivity index (χ1v) is 6.46. The zero-order valence-corrected chi connectivity index (χ0v) is 11.5. The van der Waals surface area contributed by atoms with Crippen LogP contribution >= 0.6 is 0 Å².